The third-order valence-electron chi connectivity index (χ3n) is 2.96. The molecular formula is C14H20ClNO. The fraction of sp³-hybridized carbons (Fsp3) is 0.500. The average Bonchev–Trinajstić information content (AvgIpc) is 2.32. The highest BCUT2D eigenvalue weighted by atomic mass is 35.5. The summed E-state index contributed by atoms with van der Waals surface area (Å²) in [5, 5.41) is 3.04. The molecule has 0 saturated heterocycles. The van der Waals surface area contributed by atoms with Gasteiger partial charge in [-0.3, -0.25) is 4.79 Å². The molecule has 1 aromatic carbocycles. The Kier molecular flexibility index (Phi) is 5.49. The van der Waals surface area contributed by atoms with Crippen LogP contribution in [-0.4, -0.2) is 17.8 Å². The molecule has 0 aliphatic carbocycles. The summed E-state index contributed by atoms with van der Waals surface area (Å²) in [5.41, 5.74) is 3.06. The number of carbonyl (C=O) groups excluding carboxylic acids is 1. The molecule has 1 aromatic rings. The van der Waals surface area contributed by atoms with Crippen LogP contribution < -0.4 is 5.32 Å². The maximum atomic E-state index is 11.8. The molecule has 0 aliphatic heterocycles. The van der Waals surface area contributed by atoms with Gasteiger partial charge in [0.1, 0.15) is 0 Å². The lowest BCUT2D eigenvalue weighted by Crippen LogP contribution is -2.26. The number of aryl methyl sites for hydroxylation is 2. The summed E-state index contributed by atoms with van der Waals surface area (Å²) in [5.74, 6) is -0.0203. The van der Waals surface area contributed by atoms with Gasteiger partial charge in [0.05, 0.1) is 0 Å². The van der Waals surface area contributed by atoms with E-state index in [-0.39, 0.29) is 11.3 Å². The summed E-state index contributed by atoms with van der Waals surface area (Å²) >= 11 is 5.99. The second-order valence-corrected chi connectivity index (χ2v) is 4.97. The molecule has 0 fully saturated rings. The van der Waals surface area contributed by atoms with Crippen molar-refractivity contribution in [1.29, 1.82) is 0 Å². The van der Waals surface area contributed by atoms with Crippen molar-refractivity contribution in [1.82, 2.24) is 5.32 Å². The number of nitrogens with one attached hydrogen (secondary N) is 1. The Morgan fingerprint density at radius 2 is 2.06 bits per heavy atom. The maximum Gasteiger partial charge on any atom is 0.251 e. The Morgan fingerprint density at radius 1 is 1.35 bits per heavy atom. The van der Waals surface area contributed by atoms with Gasteiger partial charge in [-0.15, -0.1) is 11.6 Å². The number of carbonyl (C=O) groups is 1. The molecule has 17 heavy (non-hydrogen) atoms. The first-order valence-corrected chi connectivity index (χ1v) is 6.47. The molecule has 0 radical (unpaired) electrons. The first-order valence-electron chi connectivity index (χ1n) is 6.04. The standard InChI is InChI=1S/C14H20ClNO/c1-4-13(15)7-8-16-14(17)12-6-5-10(2)11(3)9-12/h5-6,9,13H,4,7-8H2,1-3H3,(H,16,17). The topological polar surface area (TPSA) is 29.1 Å². The van der Waals surface area contributed by atoms with E-state index in [4.69, 9.17) is 11.6 Å². The molecule has 1 rings (SSSR count). The van der Waals surface area contributed by atoms with E-state index in [1.807, 2.05) is 39.0 Å². The molecule has 0 bridgehead atoms. The molecule has 0 saturated carbocycles. The van der Waals surface area contributed by atoms with E-state index >= 15 is 0 Å². The summed E-state index contributed by atoms with van der Waals surface area (Å²) in [6.07, 6.45) is 1.75. The van der Waals surface area contributed by atoms with Crippen LogP contribution in [0.5, 0.6) is 0 Å². The number of alkyl halides is 1. The molecule has 0 aromatic heterocycles. The summed E-state index contributed by atoms with van der Waals surface area (Å²) in [4.78, 5) is 11.8. The Morgan fingerprint density at radius 3 is 2.65 bits per heavy atom. The van der Waals surface area contributed by atoms with E-state index in [2.05, 4.69) is 5.32 Å². The van der Waals surface area contributed by atoms with Gasteiger partial charge in [0.2, 0.25) is 0 Å². The third kappa shape index (κ3) is 4.39. The number of amides is 1. The van der Waals surface area contributed by atoms with Gasteiger partial charge in [0.25, 0.3) is 5.91 Å². The Hall–Kier alpha value is -1.02. The first kappa shape index (κ1) is 14.0. The van der Waals surface area contributed by atoms with Crippen LogP contribution in [0.15, 0.2) is 18.2 Å². The molecule has 0 aliphatic rings. The van der Waals surface area contributed by atoms with Crippen LogP contribution in [-0.2, 0) is 0 Å². The SMILES string of the molecule is CCC(Cl)CCNC(=O)c1ccc(C)c(C)c1. The molecule has 94 valence electrons. The van der Waals surface area contributed by atoms with Crippen molar-refractivity contribution in [2.45, 2.75) is 39.0 Å². The van der Waals surface area contributed by atoms with Crippen LogP contribution >= 0.6 is 11.6 Å². The molecule has 1 N–H and O–H groups in total. The molecule has 1 atom stereocenters. The highest BCUT2D eigenvalue weighted by molar-refractivity contribution is 6.20. The zero-order chi connectivity index (χ0) is 12.8. The van der Waals surface area contributed by atoms with Crippen LogP contribution in [0.4, 0.5) is 0 Å². The van der Waals surface area contributed by atoms with E-state index < -0.39 is 0 Å². The molecule has 1 amide bonds. The minimum Gasteiger partial charge on any atom is -0.352 e. The normalized spacial score (nSPS) is 12.2. The maximum absolute atomic E-state index is 11.8. The number of hydrogen-bond donors (Lipinski definition) is 1. The van der Waals surface area contributed by atoms with Crippen molar-refractivity contribution in [2.75, 3.05) is 6.54 Å². The number of hydrogen-bond acceptors (Lipinski definition) is 1. The van der Waals surface area contributed by atoms with Crippen molar-refractivity contribution in [2.24, 2.45) is 0 Å². The lowest BCUT2D eigenvalue weighted by Gasteiger charge is -2.09. The van der Waals surface area contributed by atoms with Crippen molar-refractivity contribution in [3.63, 3.8) is 0 Å². The van der Waals surface area contributed by atoms with Crippen molar-refractivity contribution >= 4 is 17.5 Å². The van der Waals surface area contributed by atoms with E-state index in [1.54, 1.807) is 0 Å². The fourth-order valence-corrected chi connectivity index (χ4v) is 1.64. The van der Waals surface area contributed by atoms with E-state index in [0.29, 0.717) is 6.54 Å². The van der Waals surface area contributed by atoms with Crippen LogP contribution in [0, 0.1) is 13.8 Å². The highest BCUT2D eigenvalue weighted by Gasteiger charge is 2.07. The molecule has 0 spiro atoms. The predicted octanol–water partition coefficient (Wildman–Crippen LogP) is 3.44. The van der Waals surface area contributed by atoms with E-state index in [0.717, 1.165) is 24.0 Å². The summed E-state index contributed by atoms with van der Waals surface area (Å²) < 4.78 is 0. The number of rotatable bonds is 5. The minimum atomic E-state index is -0.0203. The van der Waals surface area contributed by atoms with Crippen molar-refractivity contribution in [3.05, 3.63) is 34.9 Å². The van der Waals surface area contributed by atoms with E-state index in [1.165, 1.54) is 5.56 Å². The summed E-state index contributed by atoms with van der Waals surface area (Å²) in [7, 11) is 0. The van der Waals surface area contributed by atoms with Crippen molar-refractivity contribution in [3.8, 4) is 0 Å². The largest absolute Gasteiger partial charge is 0.352 e. The van der Waals surface area contributed by atoms with Gasteiger partial charge in [-0.2, -0.15) is 0 Å². The molecule has 0 heterocycles. The van der Waals surface area contributed by atoms with E-state index in [9.17, 15) is 4.79 Å². The smallest absolute Gasteiger partial charge is 0.251 e. The summed E-state index contributed by atoms with van der Waals surface area (Å²) in [6, 6.07) is 5.75. The zero-order valence-corrected chi connectivity index (χ0v) is 11.5. The predicted molar refractivity (Wildman–Crippen MR) is 72.8 cm³/mol. The monoisotopic (exact) mass is 253 g/mol. The minimum absolute atomic E-state index is 0.0203. The Bertz CT molecular complexity index is 390. The van der Waals surface area contributed by atoms with Crippen molar-refractivity contribution < 1.29 is 4.79 Å². The first-order chi connectivity index (χ1) is 8.04. The van der Waals surface area contributed by atoms with Gasteiger partial charge in [-0.1, -0.05) is 13.0 Å². The number of halogens is 1. The van der Waals surface area contributed by atoms with Gasteiger partial charge in [0.15, 0.2) is 0 Å². The molecule has 1 unspecified atom stereocenters. The fourth-order valence-electron chi connectivity index (χ4n) is 1.53. The van der Waals surface area contributed by atoms with Crippen LogP contribution in [0.2, 0.25) is 0 Å². The van der Waals surface area contributed by atoms with Crippen LogP contribution in [0.3, 0.4) is 0 Å². The lowest BCUT2D eigenvalue weighted by molar-refractivity contribution is 0.0953. The van der Waals surface area contributed by atoms with Gasteiger partial charge in [-0.05, 0) is 49.9 Å². The molecule has 3 heteroatoms. The lowest BCUT2D eigenvalue weighted by atomic mass is 10.1. The average molecular weight is 254 g/mol. The molecule has 2 nitrogen and oxygen atoms in total. The Labute approximate surface area is 108 Å². The zero-order valence-electron chi connectivity index (χ0n) is 10.7. The van der Waals surface area contributed by atoms with Crippen LogP contribution in [0.1, 0.15) is 41.3 Å². The second-order valence-electron chi connectivity index (χ2n) is 4.35. The number of benzene rings is 1. The molecular weight excluding hydrogens is 234 g/mol. The second kappa shape index (κ2) is 6.65. The van der Waals surface area contributed by atoms with Gasteiger partial charge in [-0.25, -0.2) is 0 Å². The third-order valence-corrected chi connectivity index (χ3v) is 3.48. The van der Waals surface area contributed by atoms with Gasteiger partial charge in [0, 0.05) is 17.5 Å². The highest BCUT2D eigenvalue weighted by Crippen LogP contribution is 2.10. The quantitative estimate of drug-likeness (QED) is 0.801. The van der Waals surface area contributed by atoms with Gasteiger partial charge < -0.3 is 5.32 Å². The van der Waals surface area contributed by atoms with Gasteiger partial charge >= 0.3 is 0 Å². The Balaban J connectivity index is 2.50. The summed E-state index contributed by atoms with van der Waals surface area (Å²) in [6.45, 7) is 6.73. The van der Waals surface area contributed by atoms with Crippen LogP contribution in [0.25, 0.3) is 0 Å².